The van der Waals surface area contributed by atoms with Gasteiger partial charge in [0.05, 0.1) is 24.1 Å². The molecule has 0 saturated carbocycles. The molecule has 0 fully saturated rings. The van der Waals surface area contributed by atoms with E-state index in [0.717, 1.165) is 6.07 Å². The smallest absolute Gasteiger partial charge is 0.340 e. The van der Waals surface area contributed by atoms with Crippen molar-refractivity contribution in [3.05, 3.63) is 33.9 Å². The molecule has 2 N–H and O–H groups in total. The van der Waals surface area contributed by atoms with E-state index in [1.165, 1.54) is 19.2 Å². The van der Waals surface area contributed by atoms with Crippen molar-refractivity contribution < 1.29 is 19.2 Å². The Kier molecular flexibility index (Phi) is 5.65. The lowest BCUT2D eigenvalue weighted by Crippen LogP contribution is -2.35. The summed E-state index contributed by atoms with van der Waals surface area (Å²) < 4.78 is 4.58. The van der Waals surface area contributed by atoms with Gasteiger partial charge < -0.3 is 15.4 Å². The first-order valence-corrected chi connectivity index (χ1v) is 6.25. The molecule has 0 aliphatic carbocycles. The highest BCUT2D eigenvalue weighted by Gasteiger charge is 2.17. The number of ether oxygens (including phenoxy) is 1. The molecule has 0 saturated heterocycles. The van der Waals surface area contributed by atoms with Gasteiger partial charge in [-0.25, -0.2) is 4.79 Å². The Morgan fingerprint density at radius 2 is 2.05 bits per heavy atom. The molecule has 1 aromatic carbocycles. The van der Waals surface area contributed by atoms with Crippen molar-refractivity contribution in [1.82, 2.24) is 5.32 Å². The van der Waals surface area contributed by atoms with E-state index >= 15 is 0 Å². The van der Waals surface area contributed by atoms with Gasteiger partial charge in [-0.3, -0.25) is 14.9 Å². The fraction of sp³-hybridized carbons (Fsp3) is 0.385. The standard InChI is InChI=1S/C13H17N3O5/c1-8(2)15-12(17)7-14-11-5-4-9(16(19)20)6-10(11)13(18)21-3/h4-6,8,14H,7H2,1-3H3,(H,15,17). The number of anilines is 1. The number of rotatable bonds is 6. The highest BCUT2D eigenvalue weighted by Crippen LogP contribution is 2.22. The van der Waals surface area contributed by atoms with Crippen molar-refractivity contribution in [3.8, 4) is 0 Å². The largest absolute Gasteiger partial charge is 0.465 e. The Labute approximate surface area is 121 Å². The van der Waals surface area contributed by atoms with E-state index in [0.29, 0.717) is 5.69 Å². The fourth-order valence-electron chi connectivity index (χ4n) is 1.63. The molecule has 0 atom stereocenters. The van der Waals surface area contributed by atoms with Crippen molar-refractivity contribution >= 4 is 23.3 Å². The average Bonchev–Trinajstić information content (AvgIpc) is 2.43. The van der Waals surface area contributed by atoms with Crippen LogP contribution in [0.2, 0.25) is 0 Å². The van der Waals surface area contributed by atoms with Gasteiger partial charge in [-0.15, -0.1) is 0 Å². The predicted molar refractivity (Wildman–Crippen MR) is 76.2 cm³/mol. The van der Waals surface area contributed by atoms with Crippen LogP contribution in [0.5, 0.6) is 0 Å². The fourth-order valence-corrected chi connectivity index (χ4v) is 1.63. The molecule has 1 rings (SSSR count). The van der Waals surface area contributed by atoms with Gasteiger partial charge >= 0.3 is 5.97 Å². The molecular formula is C13H17N3O5. The van der Waals surface area contributed by atoms with Gasteiger partial charge in [-0.2, -0.15) is 0 Å². The maximum Gasteiger partial charge on any atom is 0.340 e. The summed E-state index contributed by atoms with van der Waals surface area (Å²) in [5.74, 6) is -0.968. The van der Waals surface area contributed by atoms with Gasteiger partial charge in [0.25, 0.3) is 5.69 Å². The lowest BCUT2D eigenvalue weighted by atomic mass is 10.1. The number of hydrogen-bond acceptors (Lipinski definition) is 6. The van der Waals surface area contributed by atoms with Crippen LogP contribution in [0.25, 0.3) is 0 Å². The molecule has 0 heterocycles. The number of carbonyl (C=O) groups is 2. The highest BCUT2D eigenvalue weighted by atomic mass is 16.6. The predicted octanol–water partition coefficient (Wildman–Crippen LogP) is 1.32. The second-order valence-electron chi connectivity index (χ2n) is 4.55. The number of carbonyl (C=O) groups excluding carboxylic acids is 2. The number of non-ortho nitro benzene ring substituents is 1. The minimum atomic E-state index is -0.717. The summed E-state index contributed by atoms with van der Waals surface area (Å²) in [6.07, 6.45) is 0. The summed E-state index contributed by atoms with van der Waals surface area (Å²) >= 11 is 0. The summed E-state index contributed by atoms with van der Waals surface area (Å²) in [7, 11) is 1.18. The minimum Gasteiger partial charge on any atom is -0.465 e. The molecule has 1 amide bonds. The lowest BCUT2D eigenvalue weighted by Gasteiger charge is -2.12. The summed E-state index contributed by atoms with van der Waals surface area (Å²) in [5.41, 5.74) is 0.0722. The van der Waals surface area contributed by atoms with E-state index in [4.69, 9.17) is 0 Å². The monoisotopic (exact) mass is 295 g/mol. The second-order valence-corrected chi connectivity index (χ2v) is 4.55. The molecule has 114 valence electrons. The molecule has 0 spiro atoms. The van der Waals surface area contributed by atoms with E-state index in [-0.39, 0.29) is 29.7 Å². The molecule has 8 heteroatoms. The zero-order valence-corrected chi connectivity index (χ0v) is 12.0. The first-order valence-electron chi connectivity index (χ1n) is 6.25. The third kappa shape index (κ3) is 4.75. The molecule has 0 bridgehead atoms. The molecule has 8 nitrogen and oxygen atoms in total. The maximum atomic E-state index is 11.6. The van der Waals surface area contributed by atoms with Crippen molar-refractivity contribution in [2.45, 2.75) is 19.9 Å². The summed E-state index contributed by atoms with van der Waals surface area (Å²) in [6.45, 7) is 3.59. The number of nitrogens with zero attached hydrogens (tertiary/aromatic N) is 1. The Bertz CT molecular complexity index is 557. The minimum absolute atomic E-state index is 0.00348. The molecule has 0 radical (unpaired) electrons. The lowest BCUT2D eigenvalue weighted by molar-refractivity contribution is -0.384. The number of hydrogen-bond donors (Lipinski definition) is 2. The van der Waals surface area contributed by atoms with Crippen LogP contribution in [0.1, 0.15) is 24.2 Å². The average molecular weight is 295 g/mol. The Balaban J connectivity index is 2.93. The number of methoxy groups -OCH3 is 1. The summed E-state index contributed by atoms with van der Waals surface area (Å²) in [6, 6.07) is 3.72. The van der Waals surface area contributed by atoms with Crippen LogP contribution in [0, 0.1) is 10.1 Å². The molecular weight excluding hydrogens is 278 g/mol. The zero-order valence-electron chi connectivity index (χ0n) is 12.0. The van der Waals surface area contributed by atoms with E-state index in [2.05, 4.69) is 15.4 Å². The van der Waals surface area contributed by atoms with Gasteiger partial charge in [0.2, 0.25) is 5.91 Å². The molecule has 0 aromatic heterocycles. The van der Waals surface area contributed by atoms with Crippen LogP contribution >= 0.6 is 0 Å². The Hall–Kier alpha value is -2.64. The highest BCUT2D eigenvalue weighted by molar-refractivity contribution is 5.97. The van der Waals surface area contributed by atoms with Gasteiger partial charge in [0.15, 0.2) is 0 Å². The van der Waals surface area contributed by atoms with E-state index in [1.807, 2.05) is 13.8 Å². The molecule has 0 unspecified atom stereocenters. The molecule has 1 aromatic rings. The third-order valence-corrected chi connectivity index (χ3v) is 2.51. The quantitative estimate of drug-likeness (QED) is 0.465. The summed E-state index contributed by atoms with van der Waals surface area (Å²) in [4.78, 5) is 33.3. The summed E-state index contributed by atoms with van der Waals surface area (Å²) in [5, 5.41) is 16.2. The van der Waals surface area contributed by atoms with Crippen LogP contribution in [-0.4, -0.2) is 36.5 Å². The number of esters is 1. The topological polar surface area (TPSA) is 111 Å². The van der Waals surface area contributed by atoms with Gasteiger partial charge in [-0.1, -0.05) is 0 Å². The third-order valence-electron chi connectivity index (χ3n) is 2.51. The van der Waals surface area contributed by atoms with Gasteiger partial charge in [0, 0.05) is 23.9 Å². The molecule has 0 aliphatic rings. The van der Waals surface area contributed by atoms with Gasteiger partial charge in [0.1, 0.15) is 0 Å². The van der Waals surface area contributed by atoms with Crippen LogP contribution in [0.15, 0.2) is 18.2 Å². The van der Waals surface area contributed by atoms with Crippen molar-refractivity contribution in [1.29, 1.82) is 0 Å². The zero-order chi connectivity index (χ0) is 16.0. The van der Waals surface area contributed by atoms with Crippen molar-refractivity contribution in [3.63, 3.8) is 0 Å². The van der Waals surface area contributed by atoms with Crippen LogP contribution in [0.3, 0.4) is 0 Å². The van der Waals surface area contributed by atoms with Crippen LogP contribution in [0.4, 0.5) is 11.4 Å². The van der Waals surface area contributed by atoms with Crippen molar-refractivity contribution in [2.24, 2.45) is 0 Å². The molecule has 0 aliphatic heterocycles. The molecule has 21 heavy (non-hydrogen) atoms. The van der Waals surface area contributed by atoms with E-state index in [9.17, 15) is 19.7 Å². The number of amides is 1. The van der Waals surface area contributed by atoms with Gasteiger partial charge in [-0.05, 0) is 19.9 Å². The van der Waals surface area contributed by atoms with Crippen LogP contribution in [-0.2, 0) is 9.53 Å². The van der Waals surface area contributed by atoms with Crippen LogP contribution < -0.4 is 10.6 Å². The number of benzene rings is 1. The first kappa shape index (κ1) is 16.4. The normalized spacial score (nSPS) is 10.1. The SMILES string of the molecule is COC(=O)c1cc([N+](=O)[O-])ccc1NCC(=O)NC(C)C. The van der Waals surface area contributed by atoms with Crippen molar-refractivity contribution in [2.75, 3.05) is 19.0 Å². The number of nitro benzene ring substituents is 1. The Morgan fingerprint density at radius 1 is 1.38 bits per heavy atom. The van der Waals surface area contributed by atoms with E-state index < -0.39 is 10.9 Å². The van der Waals surface area contributed by atoms with E-state index in [1.54, 1.807) is 0 Å². The Morgan fingerprint density at radius 3 is 2.57 bits per heavy atom. The maximum absolute atomic E-state index is 11.6. The number of nitrogens with one attached hydrogen (secondary N) is 2. The second kappa shape index (κ2) is 7.22. The first-order chi connectivity index (χ1) is 9.85. The number of nitro groups is 1.